The third-order valence-corrected chi connectivity index (χ3v) is 6.42. The largest absolute Gasteiger partial charge is 0.355 e. The summed E-state index contributed by atoms with van der Waals surface area (Å²) in [5.41, 5.74) is 5.08. The second kappa shape index (κ2) is 9.10. The minimum Gasteiger partial charge on any atom is -0.355 e. The van der Waals surface area contributed by atoms with Crippen molar-refractivity contribution in [2.24, 2.45) is 7.05 Å². The maximum atomic E-state index is 12.6. The lowest BCUT2D eigenvalue weighted by Crippen LogP contribution is -2.20. The molecule has 3 N–H and O–H groups in total. The average molecular weight is 474 g/mol. The first-order chi connectivity index (χ1) is 16.5. The molecule has 0 radical (unpaired) electrons. The summed E-state index contributed by atoms with van der Waals surface area (Å²) in [7, 11) is 3.42. The highest BCUT2D eigenvalue weighted by molar-refractivity contribution is 7.97. The van der Waals surface area contributed by atoms with Gasteiger partial charge in [0, 0.05) is 43.0 Å². The number of pyridine rings is 1. The molecule has 1 aliphatic heterocycles. The van der Waals surface area contributed by atoms with Crippen LogP contribution in [0.25, 0.3) is 11.4 Å². The molecule has 1 aromatic carbocycles. The van der Waals surface area contributed by atoms with Crippen molar-refractivity contribution in [1.82, 2.24) is 35.0 Å². The van der Waals surface area contributed by atoms with Crippen molar-refractivity contribution < 1.29 is 4.79 Å². The molecule has 0 atom stereocenters. The van der Waals surface area contributed by atoms with Crippen molar-refractivity contribution in [1.29, 1.82) is 0 Å². The first-order valence-corrected chi connectivity index (χ1v) is 11.8. The predicted molar refractivity (Wildman–Crippen MR) is 132 cm³/mol. The van der Waals surface area contributed by atoms with Gasteiger partial charge in [0.1, 0.15) is 23.5 Å². The van der Waals surface area contributed by atoms with Crippen molar-refractivity contribution in [2.75, 3.05) is 17.7 Å². The van der Waals surface area contributed by atoms with Gasteiger partial charge in [0.25, 0.3) is 5.91 Å². The summed E-state index contributed by atoms with van der Waals surface area (Å²) in [6, 6.07) is 10.0. The van der Waals surface area contributed by atoms with Gasteiger partial charge in [-0.05, 0) is 42.3 Å². The van der Waals surface area contributed by atoms with Gasteiger partial charge < -0.3 is 16.0 Å². The zero-order chi connectivity index (χ0) is 23.7. The Hall–Kier alpha value is -3.99. The van der Waals surface area contributed by atoms with Crippen molar-refractivity contribution in [2.45, 2.75) is 18.4 Å². The van der Waals surface area contributed by atoms with Gasteiger partial charge in [-0.25, -0.2) is 15.0 Å². The molecular formula is C23H23N9OS. The summed E-state index contributed by atoms with van der Waals surface area (Å²) >= 11 is 1.77. The molecule has 10 nitrogen and oxygen atoms in total. The summed E-state index contributed by atoms with van der Waals surface area (Å²) < 4.78 is 1.68. The highest BCUT2D eigenvalue weighted by atomic mass is 32.2. The highest BCUT2D eigenvalue weighted by Crippen LogP contribution is 2.33. The Labute approximate surface area is 200 Å². The van der Waals surface area contributed by atoms with Crippen molar-refractivity contribution in [3.05, 3.63) is 65.2 Å². The molecule has 0 spiro atoms. The number of rotatable bonds is 2. The van der Waals surface area contributed by atoms with Crippen LogP contribution >= 0.6 is 11.8 Å². The number of hydrogen-bond donors (Lipinski definition) is 3. The van der Waals surface area contributed by atoms with Crippen LogP contribution in [0.2, 0.25) is 0 Å². The van der Waals surface area contributed by atoms with E-state index in [1.54, 1.807) is 29.8 Å². The minimum atomic E-state index is -0.286. The summed E-state index contributed by atoms with van der Waals surface area (Å²) in [5, 5.41) is 13.7. The molecule has 0 aliphatic carbocycles. The number of amides is 1. The molecule has 0 fully saturated rings. The predicted octanol–water partition coefficient (Wildman–Crippen LogP) is 3.57. The third-order valence-electron chi connectivity index (χ3n) is 5.39. The van der Waals surface area contributed by atoms with Gasteiger partial charge in [-0.15, -0.1) is 0 Å². The lowest BCUT2D eigenvalue weighted by atomic mass is 10.0. The number of aromatic nitrogens is 6. The van der Waals surface area contributed by atoms with Gasteiger partial charge in [0.2, 0.25) is 5.95 Å². The van der Waals surface area contributed by atoms with Gasteiger partial charge >= 0.3 is 0 Å². The van der Waals surface area contributed by atoms with Gasteiger partial charge in [0.15, 0.2) is 5.82 Å². The summed E-state index contributed by atoms with van der Waals surface area (Å²) in [5.74, 6) is 3.25. The zero-order valence-electron chi connectivity index (χ0n) is 19.0. The monoisotopic (exact) mass is 473 g/mol. The van der Waals surface area contributed by atoms with Crippen molar-refractivity contribution in [3.8, 4) is 11.4 Å². The molecule has 0 unspecified atom stereocenters. The van der Waals surface area contributed by atoms with E-state index in [0.29, 0.717) is 29.0 Å². The summed E-state index contributed by atoms with van der Waals surface area (Å²) in [6.45, 7) is 2.00. The van der Waals surface area contributed by atoms with Crippen LogP contribution in [0, 0.1) is 6.92 Å². The van der Waals surface area contributed by atoms with E-state index in [4.69, 9.17) is 0 Å². The number of carbonyl (C=O) groups excluding carboxylic acids is 1. The standard InChI is InChI=1S/C23H23N9OS/c1-13-16(20-26-12-32(3)31-20)7-14-8-18(13)28-21-17(22(33)24-2)9-25-23(30-21)29-19-6-4-5-15(27-19)11-34-10-14/h4-9,12H,10-11H2,1-3H3,(H,24,33)(H2,25,27,28,29,30). The molecule has 11 heteroatoms. The molecule has 5 rings (SSSR count). The Balaban J connectivity index is 1.67. The first-order valence-electron chi connectivity index (χ1n) is 10.7. The van der Waals surface area contributed by atoms with Gasteiger partial charge in [-0.1, -0.05) is 6.07 Å². The van der Waals surface area contributed by atoms with Crippen LogP contribution in [0.3, 0.4) is 0 Å². The van der Waals surface area contributed by atoms with Crippen LogP contribution in [0.1, 0.15) is 27.2 Å². The minimum absolute atomic E-state index is 0.286. The fourth-order valence-electron chi connectivity index (χ4n) is 3.67. The number of nitrogens with zero attached hydrogens (tertiary/aromatic N) is 6. The van der Waals surface area contributed by atoms with Gasteiger partial charge in [0.05, 0.1) is 5.69 Å². The van der Waals surface area contributed by atoms with Crippen LogP contribution in [-0.4, -0.2) is 42.7 Å². The number of anilines is 4. The Morgan fingerprint density at radius 2 is 2.03 bits per heavy atom. The molecular weight excluding hydrogens is 450 g/mol. The van der Waals surface area contributed by atoms with Crippen LogP contribution in [0.5, 0.6) is 0 Å². The number of carbonyl (C=O) groups is 1. The molecule has 4 heterocycles. The van der Waals surface area contributed by atoms with Crippen LogP contribution in [0.4, 0.5) is 23.3 Å². The third kappa shape index (κ3) is 4.42. The topological polar surface area (TPSA) is 123 Å². The molecule has 4 aromatic rings. The van der Waals surface area contributed by atoms with Crippen LogP contribution in [0.15, 0.2) is 42.9 Å². The number of nitrogens with one attached hydrogen (secondary N) is 3. The molecule has 0 saturated carbocycles. The lowest BCUT2D eigenvalue weighted by Gasteiger charge is -2.17. The second-order valence-corrected chi connectivity index (χ2v) is 8.84. The normalized spacial score (nSPS) is 12.8. The molecule has 3 aromatic heterocycles. The van der Waals surface area contributed by atoms with E-state index in [0.717, 1.165) is 39.6 Å². The van der Waals surface area contributed by atoms with Gasteiger partial charge in [-0.3, -0.25) is 9.48 Å². The number of aryl methyl sites for hydroxylation is 1. The summed E-state index contributed by atoms with van der Waals surface area (Å²) in [4.78, 5) is 30.6. The van der Waals surface area contributed by atoms with E-state index in [1.807, 2.05) is 32.2 Å². The quantitative estimate of drug-likeness (QED) is 0.401. The average Bonchev–Trinajstić information content (AvgIpc) is 3.26. The molecule has 1 amide bonds. The van der Waals surface area contributed by atoms with E-state index in [2.05, 4.69) is 53.1 Å². The fraction of sp³-hybridized carbons (Fsp3) is 0.217. The first kappa shape index (κ1) is 21.8. The zero-order valence-corrected chi connectivity index (χ0v) is 19.8. The Kier molecular flexibility index (Phi) is 5.84. The van der Waals surface area contributed by atoms with Crippen molar-refractivity contribution >= 4 is 40.9 Å². The smallest absolute Gasteiger partial charge is 0.256 e. The second-order valence-electron chi connectivity index (χ2n) is 7.85. The number of benzene rings is 1. The molecule has 34 heavy (non-hydrogen) atoms. The maximum absolute atomic E-state index is 12.6. The van der Waals surface area contributed by atoms with E-state index in [9.17, 15) is 4.79 Å². The summed E-state index contributed by atoms with van der Waals surface area (Å²) in [6.07, 6.45) is 3.18. The molecule has 6 bridgehead atoms. The molecule has 1 aliphatic rings. The van der Waals surface area contributed by atoms with Gasteiger partial charge in [-0.2, -0.15) is 21.8 Å². The van der Waals surface area contributed by atoms with Crippen LogP contribution < -0.4 is 16.0 Å². The van der Waals surface area contributed by atoms with E-state index in [1.165, 1.54) is 6.20 Å². The fourth-order valence-corrected chi connectivity index (χ4v) is 4.54. The van der Waals surface area contributed by atoms with E-state index < -0.39 is 0 Å². The highest BCUT2D eigenvalue weighted by Gasteiger charge is 2.18. The Morgan fingerprint density at radius 1 is 1.15 bits per heavy atom. The maximum Gasteiger partial charge on any atom is 0.256 e. The lowest BCUT2D eigenvalue weighted by molar-refractivity contribution is 0.0963. The number of fused-ring (bicyclic) bond motifs is 6. The Morgan fingerprint density at radius 3 is 2.82 bits per heavy atom. The number of thioether (sulfide) groups is 1. The molecule has 0 saturated heterocycles. The Bertz CT molecular complexity index is 1380. The number of hydrogen-bond acceptors (Lipinski definition) is 9. The SMILES string of the molecule is CNC(=O)c1cnc2nc1Nc1cc(cc(-c3ncn(C)n3)c1C)CSCc1cccc(n1)N2. The van der Waals surface area contributed by atoms with Crippen molar-refractivity contribution in [3.63, 3.8) is 0 Å². The van der Waals surface area contributed by atoms with E-state index in [-0.39, 0.29) is 5.91 Å². The molecule has 172 valence electrons. The van der Waals surface area contributed by atoms with Crippen LogP contribution in [-0.2, 0) is 18.6 Å². The van der Waals surface area contributed by atoms with E-state index >= 15 is 0 Å².